The Morgan fingerprint density at radius 1 is 0.950 bits per heavy atom. The van der Waals surface area contributed by atoms with Crippen molar-refractivity contribution in [1.29, 1.82) is 0 Å². The third-order valence-corrected chi connectivity index (χ3v) is 2.79. The lowest BCUT2D eigenvalue weighted by molar-refractivity contribution is -0.387. The number of aromatic nitrogens is 2. The van der Waals surface area contributed by atoms with E-state index in [-0.39, 0.29) is 11.8 Å². The van der Waals surface area contributed by atoms with Crippen molar-refractivity contribution in [2.24, 2.45) is 0 Å². The van der Waals surface area contributed by atoms with Crippen LogP contribution in [0.25, 0.3) is 10.9 Å². The molecule has 3 aromatic rings. The third-order valence-electron chi connectivity index (χ3n) is 2.79. The van der Waals surface area contributed by atoms with Crippen LogP contribution in [0.1, 0.15) is 0 Å². The number of nitrogens with zero attached hydrogens (tertiary/aromatic N) is 3. The molecule has 1 N–H and O–H groups in total. The van der Waals surface area contributed by atoms with E-state index in [0.717, 1.165) is 5.69 Å². The molecule has 6 nitrogen and oxygen atoms in total. The second-order valence-electron chi connectivity index (χ2n) is 4.14. The SMILES string of the molecule is O=[N+]([O-])c1nc(Nc2ccccc2)nc2ccccc12. The lowest BCUT2D eigenvalue weighted by atomic mass is 10.2. The van der Waals surface area contributed by atoms with E-state index in [9.17, 15) is 10.1 Å². The highest BCUT2D eigenvalue weighted by molar-refractivity contribution is 5.87. The Hall–Kier alpha value is -3.02. The van der Waals surface area contributed by atoms with E-state index >= 15 is 0 Å². The fourth-order valence-electron chi connectivity index (χ4n) is 1.91. The number of nitro groups is 1. The number of benzene rings is 2. The Kier molecular flexibility index (Phi) is 2.96. The summed E-state index contributed by atoms with van der Waals surface area (Å²) in [6, 6.07) is 16.1. The van der Waals surface area contributed by atoms with E-state index in [1.807, 2.05) is 30.3 Å². The minimum atomic E-state index is -0.500. The van der Waals surface area contributed by atoms with Gasteiger partial charge >= 0.3 is 11.8 Å². The van der Waals surface area contributed by atoms with E-state index < -0.39 is 4.92 Å². The van der Waals surface area contributed by atoms with Gasteiger partial charge in [-0.1, -0.05) is 30.3 Å². The summed E-state index contributed by atoms with van der Waals surface area (Å²) >= 11 is 0. The average Bonchev–Trinajstić information content (AvgIpc) is 2.47. The molecule has 2 aromatic carbocycles. The van der Waals surface area contributed by atoms with Crippen molar-refractivity contribution in [3.8, 4) is 0 Å². The molecule has 0 aliphatic rings. The van der Waals surface area contributed by atoms with Crippen molar-refractivity contribution < 1.29 is 4.92 Å². The molecule has 0 saturated heterocycles. The highest BCUT2D eigenvalue weighted by atomic mass is 16.6. The Bertz CT molecular complexity index is 774. The summed E-state index contributed by atoms with van der Waals surface area (Å²) in [6.07, 6.45) is 0. The van der Waals surface area contributed by atoms with Crippen LogP contribution in [0.15, 0.2) is 54.6 Å². The molecule has 0 radical (unpaired) electrons. The first-order chi connectivity index (χ1) is 9.74. The molecule has 0 fully saturated rings. The normalized spacial score (nSPS) is 10.4. The van der Waals surface area contributed by atoms with Crippen molar-refractivity contribution in [2.75, 3.05) is 5.32 Å². The molecular formula is C14H10N4O2. The van der Waals surface area contributed by atoms with Crippen molar-refractivity contribution in [2.45, 2.75) is 0 Å². The summed E-state index contributed by atoms with van der Waals surface area (Å²) in [5, 5.41) is 14.5. The molecule has 0 aliphatic heterocycles. The van der Waals surface area contributed by atoms with Crippen LogP contribution in [-0.4, -0.2) is 14.9 Å². The van der Waals surface area contributed by atoms with Crippen LogP contribution in [0.4, 0.5) is 17.5 Å². The number of fused-ring (bicyclic) bond motifs is 1. The number of hydrogen-bond acceptors (Lipinski definition) is 5. The Balaban J connectivity index is 2.10. The molecule has 0 unspecified atom stereocenters. The maximum atomic E-state index is 11.1. The zero-order valence-corrected chi connectivity index (χ0v) is 10.4. The Labute approximate surface area is 114 Å². The standard InChI is InChI=1S/C14H10N4O2/c19-18(20)13-11-8-4-5-9-12(11)16-14(17-13)15-10-6-2-1-3-7-10/h1-9H,(H,15,16,17). The van der Waals surface area contributed by atoms with Crippen molar-refractivity contribution in [3.05, 3.63) is 64.7 Å². The lowest BCUT2D eigenvalue weighted by Crippen LogP contribution is -2.01. The monoisotopic (exact) mass is 266 g/mol. The van der Waals surface area contributed by atoms with Crippen molar-refractivity contribution >= 4 is 28.4 Å². The minimum Gasteiger partial charge on any atom is -0.358 e. The van der Waals surface area contributed by atoms with Crippen LogP contribution in [0.5, 0.6) is 0 Å². The molecule has 20 heavy (non-hydrogen) atoms. The summed E-state index contributed by atoms with van der Waals surface area (Å²) in [6.45, 7) is 0. The summed E-state index contributed by atoms with van der Waals surface area (Å²) in [5.74, 6) is 0.00984. The topological polar surface area (TPSA) is 81.0 Å². The van der Waals surface area contributed by atoms with Crippen LogP contribution >= 0.6 is 0 Å². The van der Waals surface area contributed by atoms with E-state index in [1.54, 1.807) is 24.3 Å². The number of rotatable bonds is 3. The molecule has 0 amide bonds. The van der Waals surface area contributed by atoms with E-state index in [4.69, 9.17) is 0 Å². The quantitative estimate of drug-likeness (QED) is 0.581. The lowest BCUT2D eigenvalue weighted by Gasteiger charge is -2.03. The van der Waals surface area contributed by atoms with Crippen molar-refractivity contribution in [3.63, 3.8) is 0 Å². The molecule has 3 rings (SSSR count). The molecule has 0 bridgehead atoms. The summed E-state index contributed by atoms with van der Waals surface area (Å²) in [7, 11) is 0. The van der Waals surface area contributed by atoms with Gasteiger partial charge in [0.2, 0.25) is 0 Å². The molecule has 0 atom stereocenters. The van der Waals surface area contributed by atoms with Crippen LogP contribution in [0.2, 0.25) is 0 Å². The van der Waals surface area contributed by atoms with Gasteiger partial charge in [-0.2, -0.15) is 4.98 Å². The molecular weight excluding hydrogens is 256 g/mol. The molecule has 0 spiro atoms. The van der Waals surface area contributed by atoms with Gasteiger partial charge in [0.15, 0.2) is 0 Å². The number of nitrogens with one attached hydrogen (secondary N) is 1. The van der Waals surface area contributed by atoms with Gasteiger partial charge in [-0.15, -0.1) is 0 Å². The second kappa shape index (κ2) is 4.93. The zero-order valence-electron chi connectivity index (χ0n) is 10.4. The van der Waals surface area contributed by atoms with Gasteiger partial charge in [-0.25, -0.2) is 0 Å². The Morgan fingerprint density at radius 3 is 2.40 bits per heavy atom. The smallest absolute Gasteiger partial charge is 0.358 e. The van der Waals surface area contributed by atoms with Crippen LogP contribution < -0.4 is 5.32 Å². The maximum Gasteiger partial charge on any atom is 0.377 e. The second-order valence-corrected chi connectivity index (χ2v) is 4.14. The fourth-order valence-corrected chi connectivity index (χ4v) is 1.91. The minimum absolute atomic E-state index is 0.200. The van der Waals surface area contributed by atoms with Gasteiger partial charge in [-0.05, 0) is 29.2 Å². The summed E-state index contributed by atoms with van der Waals surface area (Å²) in [5.41, 5.74) is 1.31. The molecule has 6 heteroatoms. The maximum absolute atomic E-state index is 11.1. The van der Waals surface area contributed by atoms with E-state index in [0.29, 0.717) is 10.9 Å². The van der Waals surface area contributed by atoms with Gasteiger partial charge < -0.3 is 15.4 Å². The highest BCUT2D eigenvalue weighted by Gasteiger charge is 2.18. The third kappa shape index (κ3) is 2.26. The van der Waals surface area contributed by atoms with Crippen LogP contribution in [0.3, 0.4) is 0 Å². The summed E-state index contributed by atoms with van der Waals surface area (Å²) < 4.78 is 0. The first-order valence-corrected chi connectivity index (χ1v) is 5.97. The Morgan fingerprint density at radius 2 is 1.65 bits per heavy atom. The number of anilines is 2. The molecule has 0 saturated carbocycles. The van der Waals surface area contributed by atoms with Crippen LogP contribution in [-0.2, 0) is 0 Å². The van der Waals surface area contributed by atoms with Gasteiger partial charge in [0.05, 0.1) is 10.9 Å². The molecule has 1 aromatic heterocycles. The van der Waals surface area contributed by atoms with Gasteiger partial charge in [0.25, 0.3) is 0 Å². The van der Waals surface area contributed by atoms with Crippen molar-refractivity contribution in [1.82, 2.24) is 9.97 Å². The zero-order chi connectivity index (χ0) is 13.9. The van der Waals surface area contributed by atoms with Crippen LogP contribution in [0, 0.1) is 10.1 Å². The first-order valence-electron chi connectivity index (χ1n) is 5.97. The predicted molar refractivity (Wildman–Crippen MR) is 75.9 cm³/mol. The van der Waals surface area contributed by atoms with E-state index in [1.165, 1.54) is 0 Å². The highest BCUT2D eigenvalue weighted by Crippen LogP contribution is 2.24. The largest absolute Gasteiger partial charge is 0.377 e. The molecule has 0 aliphatic carbocycles. The molecule has 1 heterocycles. The first kappa shape index (κ1) is 12.0. The predicted octanol–water partition coefficient (Wildman–Crippen LogP) is 3.28. The van der Waals surface area contributed by atoms with Gasteiger partial charge in [0, 0.05) is 10.7 Å². The van der Waals surface area contributed by atoms with Gasteiger partial charge in [0.1, 0.15) is 0 Å². The number of para-hydroxylation sites is 2. The summed E-state index contributed by atoms with van der Waals surface area (Å²) in [4.78, 5) is 18.9. The average molecular weight is 266 g/mol. The fraction of sp³-hybridized carbons (Fsp3) is 0. The molecule has 98 valence electrons. The van der Waals surface area contributed by atoms with E-state index in [2.05, 4.69) is 15.3 Å². The van der Waals surface area contributed by atoms with Gasteiger partial charge in [-0.3, -0.25) is 0 Å². The number of hydrogen-bond donors (Lipinski definition) is 1.